The summed E-state index contributed by atoms with van der Waals surface area (Å²) in [5.74, 6) is -2.55. The van der Waals surface area contributed by atoms with E-state index in [0.29, 0.717) is 15.9 Å². The zero-order valence-electron chi connectivity index (χ0n) is 19.7. The van der Waals surface area contributed by atoms with Gasteiger partial charge >= 0.3 is 0 Å². The molecule has 39 heavy (non-hydrogen) atoms. The zero-order chi connectivity index (χ0) is 27.9. The highest BCUT2D eigenvalue weighted by Crippen LogP contribution is 2.36. The summed E-state index contributed by atoms with van der Waals surface area (Å²) >= 11 is 12.1. The van der Waals surface area contributed by atoms with Crippen LogP contribution in [0.4, 0.5) is 8.78 Å². The van der Waals surface area contributed by atoms with Crippen molar-refractivity contribution in [2.75, 3.05) is 0 Å². The number of sulfonamides is 1. The van der Waals surface area contributed by atoms with Crippen LogP contribution in [0.1, 0.15) is 16.1 Å². The van der Waals surface area contributed by atoms with Gasteiger partial charge in [-0.3, -0.25) is 9.59 Å². The molecule has 0 unspecified atom stereocenters. The maximum atomic E-state index is 14.7. The Hall–Kier alpha value is -3.99. The Kier molecular flexibility index (Phi) is 7.02. The number of nitrogens with one attached hydrogen (secondary N) is 2. The fourth-order valence-electron chi connectivity index (χ4n) is 4.30. The number of nitrogens with zero attached hydrogens (tertiary/aromatic N) is 1. The molecule has 0 aliphatic carbocycles. The molecule has 0 aliphatic rings. The summed E-state index contributed by atoms with van der Waals surface area (Å²) in [7, 11) is -4.40. The maximum Gasteiger partial charge on any atom is 0.282 e. The molecule has 7 nitrogen and oxygen atoms in total. The fourth-order valence-corrected chi connectivity index (χ4v) is 5.55. The molecule has 2 N–H and O–H groups in total. The van der Waals surface area contributed by atoms with Gasteiger partial charge in [-0.25, -0.2) is 21.9 Å². The van der Waals surface area contributed by atoms with Gasteiger partial charge in [0.1, 0.15) is 17.3 Å². The van der Waals surface area contributed by atoms with Gasteiger partial charge in [0, 0.05) is 43.8 Å². The lowest BCUT2D eigenvalue weighted by molar-refractivity contribution is 0.0974. The Labute approximate surface area is 230 Å². The van der Waals surface area contributed by atoms with E-state index in [1.807, 2.05) is 4.72 Å². The average Bonchev–Trinajstić information content (AvgIpc) is 3.19. The summed E-state index contributed by atoms with van der Waals surface area (Å²) in [6.07, 6.45) is 1.39. The van der Waals surface area contributed by atoms with Crippen molar-refractivity contribution < 1.29 is 22.0 Å². The van der Waals surface area contributed by atoms with Gasteiger partial charge in [0.25, 0.3) is 21.5 Å². The minimum atomic E-state index is -4.40. The summed E-state index contributed by atoms with van der Waals surface area (Å²) < 4.78 is 58.3. The fraction of sp³-hybridized carbons (Fsp3) is 0.0370. The van der Waals surface area contributed by atoms with Crippen LogP contribution in [0.3, 0.4) is 0 Å². The van der Waals surface area contributed by atoms with Gasteiger partial charge in [-0.05, 0) is 72.8 Å². The number of hydrogen-bond acceptors (Lipinski definition) is 4. The minimum Gasteiger partial charge on any atom is -0.331 e. The van der Waals surface area contributed by atoms with Gasteiger partial charge in [-0.15, -0.1) is 0 Å². The molecular formula is C27H17Cl2F2N3O4S. The number of fused-ring (bicyclic) bond motifs is 1. The summed E-state index contributed by atoms with van der Waals surface area (Å²) in [6.45, 7) is -0.365. The average molecular weight is 588 g/mol. The lowest BCUT2D eigenvalue weighted by atomic mass is 10.0. The molecule has 0 aliphatic heterocycles. The van der Waals surface area contributed by atoms with Crippen LogP contribution in [0.25, 0.3) is 22.0 Å². The second kappa shape index (κ2) is 10.3. The largest absolute Gasteiger partial charge is 0.331 e. The molecule has 2 aromatic heterocycles. The molecule has 0 fully saturated rings. The Morgan fingerprint density at radius 1 is 0.949 bits per heavy atom. The second-order valence-corrected chi connectivity index (χ2v) is 11.1. The first-order chi connectivity index (χ1) is 18.5. The summed E-state index contributed by atoms with van der Waals surface area (Å²) in [5, 5.41) is 0.885. The van der Waals surface area contributed by atoms with E-state index in [4.69, 9.17) is 23.2 Å². The van der Waals surface area contributed by atoms with Crippen molar-refractivity contribution in [3.8, 4) is 11.1 Å². The van der Waals surface area contributed by atoms with E-state index in [1.165, 1.54) is 59.3 Å². The van der Waals surface area contributed by atoms with Gasteiger partial charge < -0.3 is 9.55 Å². The Morgan fingerprint density at radius 3 is 2.38 bits per heavy atom. The Balaban J connectivity index is 1.78. The minimum absolute atomic E-state index is 0.0391. The summed E-state index contributed by atoms with van der Waals surface area (Å²) in [6, 6.07) is 15.6. The number of pyridine rings is 1. The van der Waals surface area contributed by atoms with E-state index >= 15 is 0 Å². The number of halogens is 4. The molecular weight excluding hydrogens is 571 g/mol. The Bertz CT molecular complexity index is 1920. The number of benzene rings is 3. The van der Waals surface area contributed by atoms with Gasteiger partial charge in [0.05, 0.1) is 11.4 Å². The molecule has 0 saturated heterocycles. The molecule has 0 saturated carbocycles. The molecule has 0 bridgehead atoms. The number of carbonyl (C=O) groups is 1. The van der Waals surface area contributed by atoms with Crippen molar-refractivity contribution in [3.63, 3.8) is 0 Å². The molecule has 1 amide bonds. The van der Waals surface area contributed by atoms with Crippen molar-refractivity contribution in [1.29, 1.82) is 0 Å². The highest BCUT2D eigenvalue weighted by Gasteiger charge is 2.29. The quantitative estimate of drug-likeness (QED) is 0.264. The van der Waals surface area contributed by atoms with Gasteiger partial charge in [-0.2, -0.15) is 0 Å². The molecule has 12 heteroatoms. The first-order valence-corrected chi connectivity index (χ1v) is 13.6. The van der Waals surface area contributed by atoms with Crippen LogP contribution in [-0.2, 0) is 16.6 Å². The van der Waals surface area contributed by atoms with Crippen LogP contribution in [-0.4, -0.2) is 23.9 Å². The highest BCUT2D eigenvalue weighted by atomic mass is 35.5. The Morgan fingerprint density at radius 2 is 1.67 bits per heavy atom. The van der Waals surface area contributed by atoms with E-state index in [0.717, 1.165) is 18.2 Å². The topological polar surface area (TPSA) is 101 Å². The number of hydrogen-bond donors (Lipinski definition) is 2. The predicted molar refractivity (Wildman–Crippen MR) is 145 cm³/mol. The molecule has 0 spiro atoms. The number of aromatic amines is 1. The van der Waals surface area contributed by atoms with Crippen LogP contribution in [0, 0.1) is 11.6 Å². The molecule has 5 rings (SSSR count). The zero-order valence-corrected chi connectivity index (χ0v) is 22.0. The van der Waals surface area contributed by atoms with Gasteiger partial charge in [-0.1, -0.05) is 23.2 Å². The van der Waals surface area contributed by atoms with Crippen LogP contribution >= 0.6 is 23.2 Å². The highest BCUT2D eigenvalue weighted by molar-refractivity contribution is 7.90. The molecule has 198 valence electrons. The lowest BCUT2D eigenvalue weighted by Crippen LogP contribution is -2.33. The number of rotatable bonds is 6. The summed E-state index contributed by atoms with van der Waals surface area (Å²) in [5.41, 5.74) is -0.513. The lowest BCUT2D eigenvalue weighted by Gasteiger charge is -2.14. The van der Waals surface area contributed by atoms with Crippen molar-refractivity contribution in [1.82, 2.24) is 14.3 Å². The molecule has 0 atom stereocenters. The van der Waals surface area contributed by atoms with Crippen molar-refractivity contribution in [2.24, 2.45) is 0 Å². The number of amides is 1. The van der Waals surface area contributed by atoms with E-state index in [9.17, 15) is 26.8 Å². The maximum absolute atomic E-state index is 14.7. The summed E-state index contributed by atoms with van der Waals surface area (Å²) in [4.78, 5) is 28.9. The number of carbonyl (C=O) groups excluding carboxylic acids is 1. The van der Waals surface area contributed by atoms with Crippen LogP contribution in [0.5, 0.6) is 0 Å². The molecule has 0 radical (unpaired) electrons. The predicted octanol–water partition coefficient (Wildman–Crippen LogP) is 5.75. The van der Waals surface area contributed by atoms with Gasteiger partial charge in [0.15, 0.2) is 0 Å². The van der Waals surface area contributed by atoms with Gasteiger partial charge in [0.2, 0.25) is 0 Å². The molecule has 2 heterocycles. The number of aromatic nitrogens is 2. The normalized spacial score (nSPS) is 11.6. The van der Waals surface area contributed by atoms with Crippen molar-refractivity contribution >= 4 is 50.0 Å². The second-order valence-electron chi connectivity index (χ2n) is 8.51. The van der Waals surface area contributed by atoms with E-state index in [2.05, 4.69) is 4.98 Å². The third kappa shape index (κ3) is 5.18. The first kappa shape index (κ1) is 26.6. The van der Waals surface area contributed by atoms with Crippen molar-refractivity contribution in [3.05, 3.63) is 122 Å². The van der Waals surface area contributed by atoms with Crippen LogP contribution in [0.2, 0.25) is 10.0 Å². The number of H-pyrrole nitrogens is 1. The van der Waals surface area contributed by atoms with Crippen LogP contribution in [0.15, 0.2) is 88.7 Å². The standard InChI is InChI=1S/C27H17Cl2F2N3O4S/c28-16-3-7-19(8-4-16)39(37,38)33-27(36)25-24(20-2-1-11-32-26(20)35)21-13-17(29)5-10-23(21)34(25)14-15-12-18(30)6-9-22(15)31/h1-13H,14H2,(H,32,35)(H,33,36). The first-order valence-electron chi connectivity index (χ1n) is 11.3. The molecule has 5 aromatic rings. The van der Waals surface area contributed by atoms with Crippen LogP contribution < -0.4 is 10.3 Å². The van der Waals surface area contributed by atoms with E-state index in [1.54, 1.807) is 6.07 Å². The SMILES string of the molecule is O=C(NS(=O)(=O)c1ccc(Cl)cc1)c1c(-c2ccc[nH]c2=O)c2cc(Cl)ccc2n1Cc1cc(F)ccc1F. The van der Waals surface area contributed by atoms with Crippen molar-refractivity contribution in [2.45, 2.75) is 11.4 Å². The third-order valence-electron chi connectivity index (χ3n) is 6.02. The monoisotopic (exact) mass is 587 g/mol. The van der Waals surface area contributed by atoms with E-state index in [-0.39, 0.29) is 38.8 Å². The smallest absolute Gasteiger partial charge is 0.282 e. The van der Waals surface area contributed by atoms with E-state index < -0.39 is 33.1 Å². The molecule has 3 aromatic carbocycles. The third-order valence-corrected chi connectivity index (χ3v) is 7.85.